The van der Waals surface area contributed by atoms with E-state index in [0.717, 1.165) is 12.1 Å². The summed E-state index contributed by atoms with van der Waals surface area (Å²) < 4.78 is 39.2. The van der Waals surface area contributed by atoms with Crippen LogP contribution in [0.1, 0.15) is 32.2 Å². The normalized spacial score (nSPS) is 12.7. The topological polar surface area (TPSA) is 42.7 Å². The largest absolute Gasteiger partial charge is 0.416 e. The van der Waals surface area contributed by atoms with Crippen LogP contribution < -0.4 is 5.32 Å². The molecule has 1 N–H and O–H groups in total. The first-order valence-electron chi connectivity index (χ1n) is 6.48. The van der Waals surface area contributed by atoms with E-state index in [0.29, 0.717) is 18.1 Å². The first kappa shape index (κ1) is 15.5. The van der Waals surface area contributed by atoms with Gasteiger partial charge in [0.1, 0.15) is 12.2 Å². The quantitative estimate of drug-likeness (QED) is 0.946. The van der Waals surface area contributed by atoms with Crippen LogP contribution in [-0.4, -0.2) is 20.3 Å². The fourth-order valence-corrected chi connectivity index (χ4v) is 1.74. The molecule has 0 fully saturated rings. The second-order valence-electron chi connectivity index (χ2n) is 5.74. The Morgan fingerprint density at radius 1 is 1.10 bits per heavy atom. The molecule has 2 rings (SSSR count). The molecular weight excluding hydrogens is 281 g/mol. The van der Waals surface area contributed by atoms with Crippen molar-refractivity contribution >= 4 is 0 Å². The molecule has 114 valence electrons. The molecule has 0 atom stereocenters. The van der Waals surface area contributed by atoms with E-state index < -0.39 is 11.7 Å². The lowest BCUT2D eigenvalue weighted by molar-refractivity contribution is -0.137. The molecule has 1 aromatic heterocycles. The molecule has 0 radical (unpaired) electrons. The molecule has 0 saturated carbocycles. The summed E-state index contributed by atoms with van der Waals surface area (Å²) in [5.41, 5.74) is -0.219. The van der Waals surface area contributed by atoms with E-state index in [4.69, 9.17) is 0 Å². The second-order valence-corrected chi connectivity index (χ2v) is 5.74. The number of nitrogens with zero attached hydrogens (tertiary/aromatic N) is 3. The van der Waals surface area contributed by atoms with E-state index in [-0.39, 0.29) is 5.54 Å². The van der Waals surface area contributed by atoms with Gasteiger partial charge in [-0.05, 0) is 45.0 Å². The minimum absolute atomic E-state index is 0.0864. The number of hydrogen-bond acceptors (Lipinski definition) is 3. The summed E-state index contributed by atoms with van der Waals surface area (Å²) in [6.07, 6.45) is -2.95. The van der Waals surface area contributed by atoms with Crippen LogP contribution in [0.25, 0.3) is 5.69 Å². The average Bonchev–Trinajstić information content (AvgIpc) is 2.83. The molecule has 0 aliphatic carbocycles. The number of alkyl halides is 3. The fraction of sp³-hybridized carbons (Fsp3) is 0.429. The van der Waals surface area contributed by atoms with Gasteiger partial charge in [0.25, 0.3) is 0 Å². The maximum absolute atomic E-state index is 12.5. The summed E-state index contributed by atoms with van der Waals surface area (Å²) in [6, 6.07) is 4.85. The number of benzene rings is 1. The molecule has 7 heteroatoms. The predicted molar refractivity (Wildman–Crippen MR) is 73.0 cm³/mol. The third-order valence-corrected chi connectivity index (χ3v) is 2.83. The van der Waals surface area contributed by atoms with Crippen LogP contribution in [0.15, 0.2) is 30.6 Å². The Morgan fingerprint density at radius 2 is 1.71 bits per heavy atom. The molecule has 21 heavy (non-hydrogen) atoms. The number of nitrogens with one attached hydrogen (secondary N) is 1. The molecule has 0 bridgehead atoms. The maximum Gasteiger partial charge on any atom is 0.416 e. The van der Waals surface area contributed by atoms with Gasteiger partial charge < -0.3 is 5.32 Å². The van der Waals surface area contributed by atoms with Gasteiger partial charge in [0.2, 0.25) is 0 Å². The first-order valence-corrected chi connectivity index (χ1v) is 6.48. The van der Waals surface area contributed by atoms with Crippen LogP contribution in [-0.2, 0) is 12.7 Å². The molecule has 0 saturated heterocycles. The van der Waals surface area contributed by atoms with Gasteiger partial charge in [-0.1, -0.05) is 0 Å². The van der Waals surface area contributed by atoms with Crippen molar-refractivity contribution in [1.29, 1.82) is 0 Å². The highest BCUT2D eigenvalue weighted by molar-refractivity contribution is 5.35. The lowest BCUT2D eigenvalue weighted by Crippen LogP contribution is -2.35. The van der Waals surface area contributed by atoms with E-state index in [1.165, 1.54) is 23.1 Å². The predicted octanol–water partition coefficient (Wildman–Crippen LogP) is 3.17. The van der Waals surface area contributed by atoms with Crippen LogP contribution in [0.3, 0.4) is 0 Å². The lowest BCUT2D eigenvalue weighted by atomic mass is 10.1. The molecule has 0 aliphatic heterocycles. The summed E-state index contributed by atoms with van der Waals surface area (Å²) in [7, 11) is 0. The molecule has 4 nitrogen and oxygen atoms in total. The molecule has 0 amide bonds. The van der Waals surface area contributed by atoms with Crippen molar-refractivity contribution in [3.63, 3.8) is 0 Å². The molecular formula is C14H17F3N4. The van der Waals surface area contributed by atoms with Gasteiger partial charge in [-0.3, -0.25) is 0 Å². The number of rotatable bonds is 3. The number of halogens is 3. The Balaban J connectivity index is 2.21. The molecule has 0 unspecified atom stereocenters. The Bertz CT molecular complexity index is 594. The van der Waals surface area contributed by atoms with Crippen molar-refractivity contribution < 1.29 is 13.2 Å². The molecule has 1 aromatic carbocycles. The molecule has 1 heterocycles. The summed E-state index contributed by atoms with van der Waals surface area (Å²) in [4.78, 5) is 4.13. The van der Waals surface area contributed by atoms with Crippen LogP contribution in [0.4, 0.5) is 13.2 Å². The van der Waals surface area contributed by atoms with E-state index in [1.807, 2.05) is 20.8 Å². The highest BCUT2D eigenvalue weighted by atomic mass is 19.4. The van der Waals surface area contributed by atoms with E-state index in [9.17, 15) is 13.2 Å². The summed E-state index contributed by atoms with van der Waals surface area (Å²) >= 11 is 0. The molecule has 2 aromatic rings. The zero-order valence-corrected chi connectivity index (χ0v) is 12.1. The highest BCUT2D eigenvalue weighted by Gasteiger charge is 2.30. The Hall–Kier alpha value is -1.89. The van der Waals surface area contributed by atoms with Crippen LogP contribution in [0, 0.1) is 0 Å². The average molecular weight is 298 g/mol. The van der Waals surface area contributed by atoms with Crippen molar-refractivity contribution in [3.8, 4) is 5.69 Å². The van der Waals surface area contributed by atoms with Gasteiger partial charge >= 0.3 is 6.18 Å². The van der Waals surface area contributed by atoms with Crippen molar-refractivity contribution in [2.45, 2.75) is 39.0 Å². The van der Waals surface area contributed by atoms with Crippen LogP contribution in [0.2, 0.25) is 0 Å². The highest BCUT2D eigenvalue weighted by Crippen LogP contribution is 2.29. The smallest absolute Gasteiger partial charge is 0.305 e. The second kappa shape index (κ2) is 5.48. The van der Waals surface area contributed by atoms with Crippen molar-refractivity contribution in [2.75, 3.05) is 0 Å². The van der Waals surface area contributed by atoms with Gasteiger partial charge in [0.05, 0.1) is 17.8 Å². The lowest BCUT2D eigenvalue weighted by Gasteiger charge is -2.20. The van der Waals surface area contributed by atoms with Gasteiger partial charge in [0.15, 0.2) is 0 Å². The van der Waals surface area contributed by atoms with Crippen molar-refractivity contribution in [3.05, 3.63) is 42.0 Å². The van der Waals surface area contributed by atoms with Gasteiger partial charge in [-0.15, -0.1) is 0 Å². The summed E-state index contributed by atoms with van der Waals surface area (Å²) in [5.74, 6) is 0.643. The van der Waals surface area contributed by atoms with E-state index in [1.54, 1.807) is 0 Å². The number of aromatic nitrogens is 3. The summed E-state index contributed by atoms with van der Waals surface area (Å²) in [5, 5.41) is 7.33. The first-order chi connectivity index (χ1) is 9.67. The maximum atomic E-state index is 12.5. The van der Waals surface area contributed by atoms with Gasteiger partial charge in [0, 0.05) is 5.54 Å². The standard InChI is InChI=1S/C14H17F3N4/c1-13(2,3)19-8-12-18-9-20-21(12)11-6-4-10(5-7-11)14(15,16)17/h4-7,9,19H,8H2,1-3H3. The van der Waals surface area contributed by atoms with Gasteiger partial charge in [-0.2, -0.15) is 18.3 Å². The van der Waals surface area contributed by atoms with Crippen molar-refractivity contribution in [1.82, 2.24) is 20.1 Å². The third-order valence-electron chi connectivity index (χ3n) is 2.83. The van der Waals surface area contributed by atoms with Crippen LogP contribution >= 0.6 is 0 Å². The van der Waals surface area contributed by atoms with Crippen molar-refractivity contribution in [2.24, 2.45) is 0 Å². The zero-order chi connectivity index (χ0) is 15.7. The Kier molecular flexibility index (Phi) is 4.04. The minimum atomic E-state index is -4.34. The summed E-state index contributed by atoms with van der Waals surface area (Å²) in [6.45, 7) is 6.54. The van der Waals surface area contributed by atoms with E-state index in [2.05, 4.69) is 15.4 Å². The monoisotopic (exact) mass is 298 g/mol. The number of hydrogen-bond donors (Lipinski definition) is 1. The third kappa shape index (κ3) is 4.04. The fourth-order valence-electron chi connectivity index (χ4n) is 1.74. The van der Waals surface area contributed by atoms with Crippen LogP contribution in [0.5, 0.6) is 0 Å². The molecule has 0 spiro atoms. The zero-order valence-electron chi connectivity index (χ0n) is 12.1. The molecule has 0 aliphatic rings. The Labute approximate surface area is 121 Å². The Morgan fingerprint density at radius 3 is 2.24 bits per heavy atom. The SMILES string of the molecule is CC(C)(C)NCc1ncnn1-c1ccc(C(F)(F)F)cc1. The minimum Gasteiger partial charge on any atom is -0.305 e. The van der Waals surface area contributed by atoms with Gasteiger partial charge in [-0.25, -0.2) is 9.67 Å². The van der Waals surface area contributed by atoms with E-state index >= 15 is 0 Å².